The van der Waals surface area contributed by atoms with Crippen molar-refractivity contribution in [1.82, 2.24) is 10.2 Å². The van der Waals surface area contributed by atoms with Gasteiger partial charge in [-0.25, -0.2) is 0 Å². The number of hydrogen-bond donors (Lipinski definition) is 2. The Morgan fingerprint density at radius 1 is 1.54 bits per heavy atom. The van der Waals surface area contributed by atoms with E-state index in [9.17, 15) is 15.2 Å². The van der Waals surface area contributed by atoms with Crippen LogP contribution in [-0.4, -0.2) is 20.2 Å². The van der Waals surface area contributed by atoms with E-state index in [1.807, 2.05) is 0 Å². The molecule has 0 unspecified atom stereocenters. The smallest absolute Gasteiger partial charge is 0.275 e. The summed E-state index contributed by atoms with van der Waals surface area (Å²) in [5.41, 5.74) is 0.293. The first-order valence-corrected chi connectivity index (χ1v) is 3.49. The van der Waals surface area contributed by atoms with Gasteiger partial charge in [0.05, 0.1) is 28.1 Å². The molecule has 1 aromatic heterocycles. The minimum Gasteiger partial charge on any atom is -0.507 e. The number of nitro groups is 1. The molecule has 0 aliphatic carbocycles. The monoisotopic (exact) mass is 179 g/mol. The van der Waals surface area contributed by atoms with Gasteiger partial charge in [-0.05, 0) is 0 Å². The van der Waals surface area contributed by atoms with Crippen molar-refractivity contribution in [1.29, 1.82) is 0 Å². The summed E-state index contributed by atoms with van der Waals surface area (Å²) in [7, 11) is 0. The molecule has 0 saturated heterocycles. The van der Waals surface area contributed by atoms with E-state index in [0.717, 1.165) is 6.07 Å². The lowest BCUT2D eigenvalue weighted by molar-refractivity contribution is -0.384. The van der Waals surface area contributed by atoms with Gasteiger partial charge in [-0.1, -0.05) is 0 Å². The predicted molar refractivity (Wildman–Crippen MR) is 44.4 cm³/mol. The highest BCUT2D eigenvalue weighted by molar-refractivity contribution is 5.86. The van der Waals surface area contributed by atoms with Gasteiger partial charge in [0.15, 0.2) is 0 Å². The minimum absolute atomic E-state index is 0.141. The fourth-order valence-corrected chi connectivity index (χ4v) is 1.12. The zero-order valence-corrected chi connectivity index (χ0v) is 6.39. The van der Waals surface area contributed by atoms with Gasteiger partial charge in [-0.2, -0.15) is 5.10 Å². The van der Waals surface area contributed by atoms with E-state index >= 15 is 0 Å². The van der Waals surface area contributed by atoms with Crippen LogP contribution in [0.5, 0.6) is 5.75 Å². The molecule has 0 spiro atoms. The molecule has 6 heteroatoms. The number of fused-ring (bicyclic) bond motifs is 1. The van der Waals surface area contributed by atoms with Crippen LogP contribution in [0.2, 0.25) is 0 Å². The van der Waals surface area contributed by atoms with Crippen LogP contribution in [0.3, 0.4) is 0 Å². The number of aromatic amines is 1. The Balaban J connectivity index is 2.77. The molecule has 0 atom stereocenters. The average molecular weight is 179 g/mol. The van der Waals surface area contributed by atoms with Gasteiger partial charge in [0.2, 0.25) is 0 Å². The van der Waals surface area contributed by atoms with Crippen molar-refractivity contribution in [3.63, 3.8) is 0 Å². The number of aromatic hydroxyl groups is 1. The topological polar surface area (TPSA) is 92.1 Å². The van der Waals surface area contributed by atoms with Crippen LogP contribution in [0.25, 0.3) is 10.9 Å². The van der Waals surface area contributed by atoms with Gasteiger partial charge in [-0.15, -0.1) is 0 Å². The van der Waals surface area contributed by atoms with Crippen molar-refractivity contribution in [3.8, 4) is 5.75 Å². The molecular weight excluding hydrogens is 174 g/mol. The SMILES string of the molecule is O=[N+]([O-])c1cc(O)c2cn[nH]c2c1. The molecule has 2 N–H and O–H groups in total. The van der Waals surface area contributed by atoms with Crippen molar-refractivity contribution in [3.05, 3.63) is 28.4 Å². The highest BCUT2D eigenvalue weighted by Crippen LogP contribution is 2.28. The second-order valence-corrected chi connectivity index (χ2v) is 2.55. The number of phenols is 1. The zero-order valence-electron chi connectivity index (χ0n) is 6.39. The summed E-state index contributed by atoms with van der Waals surface area (Å²) in [5.74, 6) is -0.141. The highest BCUT2D eigenvalue weighted by atomic mass is 16.6. The summed E-state index contributed by atoms with van der Waals surface area (Å²) >= 11 is 0. The Kier molecular flexibility index (Phi) is 1.42. The molecule has 66 valence electrons. The maximum absolute atomic E-state index is 10.4. The van der Waals surface area contributed by atoms with Crippen LogP contribution in [0.4, 0.5) is 5.69 Å². The maximum atomic E-state index is 10.4. The second kappa shape index (κ2) is 2.44. The number of hydrogen-bond acceptors (Lipinski definition) is 4. The molecule has 1 heterocycles. The molecule has 0 bridgehead atoms. The molecule has 1 aromatic carbocycles. The fourth-order valence-electron chi connectivity index (χ4n) is 1.12. The van der Waals surface area contributed by atoms with Crippen molar-refractivity contribution in [2.45, 2.75) is 0 Å². The molecule has 2 rings (SSSR count). The quantitative estimate of drug-likeness (QED) is 0.507. The van der Waals surface area contributed by atoms with Crippen LogP contribution >= 0.6 is 0 Å². The lowest BCUT2D eigenvalue weighted by Crippen LogP contribution is -1.87. The third-order valence-electron chi connectivity index (χ3n) is 1.73. The lowest BCUT2D eigenvalue weighted by Gasteiger charge is -1.94. The summed E-state index contributed by atoms with van der Waals surface area (Å²) in [4.78, 5) is 9.81. The van der Waals surface area contributed by atoms with E-state index in [0.29, 0.717) is 10.9 Å². The van der Waals surface area contributed by atoms with Gasteiger partial charge in [0.25, 0.3) is 5.69 Å². The first-order chi connectivity index (χ1) is 6.18. The van der Waals surface area contributed by atoms with Crippen molar-refractivity contribution < 1.29 is 10.0 Å². The lowest BCUT2D eigenvalue weighted by atomic mass is 10.2. The largest absolute Gasteiger partial charge is 0.507 e. The molecule has 0 aliphatic heterocycles. The number of aromatic nitrogens is 2. The van der Waals surface area contributed by atoms with E-state index in [4.69, 9.17) is 0 Å². The zero-order chi connectivity index (χ0) is 9.42. The number of nitrogens with one attached hydrogen (secondary N) is 1. The van der Waals surface area contributed by atoms with Gasteiger partial charge in [0, 0.05) is 6.07 Å². The predicted octanol–water partition coefficient (Wildman–Crippen LogP) is 1.18. The first kappa shape index (κ1) is 7.53. The Morgan fingerprint density at radius 2 is 2.31 bits per heavy atom. The third kappa shape index (κ3) is 1.08. The second-order valence-electron chi connectivity index (χ2n) is 2.55. The summed E-state index contributed by atoms with van der Waals surface area (Å²) < 4.78 is 0. The van der Waals surface area contributed by atoms with Crippen molar-refractivity contribution in [2.24, 2.45) is 0 Å². The van der Waals surface area contributed by atoms with Crippen LogP contribution < -0.4 is 0 Å². The summed E-state index contributed by atoms with van der Waals surface area (Å²) in [5, 5.41) is 26.4. The van der Waals surface area contributed by atoms with Crippen molar-refractivity contribution in [2.75, 3.05) is 0 Å². The number of benzene rings is 1. The number of phenolic OH excluding ortho intramolecular Hbond substituents is 1. The number of H-pyrrole nitrogens is 1. The Bertz CT molecular complexity index is 477. The molecule has 0 saturated carbocycles. The summed E-state index contributed by atoms with van der Waals surface area (Å²) in [6.07, 6.45) is 1.41. The van der Waals surface area contributed by atoms with Gasteiger partial charge < -0.3 is 5.11 Å². The van der Waals surface area contributed by atoms with E-state index < -0.39 is 4.92 Å². The van der Waals surface area contributed by atoms with E-state index in [1.54, 1.807) is 0 Å². The number of rotatable bonds is 1. The number of nitrogens with zero attached hydrogens (tertiary/aromatic N) is 2. The third-order valence-corrected chi connectivity index (χ3v) is 1.73. The van der Waals surface area contributed by atoms with Gasteiger partial charge in [-0.3, -0.25) is 15.2 Å². The number of nitro benzene ring substituents is 1. The van der Waals surface area contributed by atoms with Crippen LogP contribution in [-0.2, 0) is 0 Å². The molecule has 0 radical (unpaired) electrons. The van der Waals surface area contributed by atoms with E-state index in [-0.39, 0.29) is 11.4 Å². The van der Waals surface area contributed by atoms with Crippen LogP contribution in [0.1, 0.15) is 0 Å². The Labute approximate surface area is 72.0 Å². The minimum atomic E-state index is -0.569. The molecule has 2 aromatic rings. The van der Waals surface area contributed by atoms with E-state index in [2.05, 4.69) is 10.2 Å². The summed E-state index contributed by atoms with van der Waals surface area (Å²) in [6, 6.07) is 2.42. The fraction of sp³-hybridized carbons (Fsp3) is 0. The van der Waals surface area contributed by atoms with Crippen molar-refractivity contribution >= 4 is 16.6 Å². The molecule has 0 fully saturated rings. The maximum Gasteiger partial charge on any atom is 0.275 e. The molecular formula is C7H5N3O3. The van der Waals surface area contributed by atoms with Crippen LogP contribution in [0.15, 0.2) is 18.3 Å². The van der Waals surface area contributed by atoms with Crippen LogP contribution in [0, 0.1) is 10.1 Å². The Morgan fingerprint density at radius 3 is 3.00 bits per heavy atom. The molecule has 6 nitrogen and oxygen atoms in total. The van der Waals surface area contributed by atoms with Gasteiger partial charge >= 0.3 is 0 Å². The first-order valence-electron chi connectivity index (χ1n) is 3.49. The van der Waals surface area contributed by atoms with Gasteiger partial charge in [0.1, 0.15) is 5.75 Å². The standard InChI is InChI=1S/C7H5N3O3/c11-7-2-4(10(12)13)1-6-5(7)3-8-9-6/h1-3,11H,(H,8,9). The van der Waals surface area contributed by atoms with E-state index in [1.165, 1.54) is 12.3 Å². The molecule has 0 aliphatic rings. The highest BCUT2D eigenvalue weighted by Gasteiger charge is 2.11. The Hall–Kier alpha value is -2.11. The molecule has 0 amide bonds. The summed E-state index contributed by atoms with van der Waals surface area (Å²) in [6.45, 7) is 0. The normalized spacial score (nSPS) is 10.5. The number of non-ortho nitro benzene ring substituents is 1. The average Bonchev–Trinajstić information content (AvgIpc) is 2.51. The molecule has 13 heavy (non-hydrogen) atoms.